The number of nitrogens with zero attached hydrogens (tertiary/aromatic N) is 2. The van der Waals surface area contributed by atoms with Gasteiger partial charge >= 0.3 is 0 Å². The van der Waals surface area contributed by atoms with Gasteiger partial charge in [-0.05, 0) is 20.2 Å². The molecule has 0 aliphatic carbocycles. The standard InChI is InChI=1S/C14H18FN3O2/c1-17(2)9-12(19)18-8-7-16-14(20)13(18)10-5-3-4-6-11(10)15/h3-6,13H,7-9H2,1-2H3,(H,16,20)/t13-/m1/s1. The lowest BCUT2D eigenvalue weighted by atomic mass is 10.0. The zero-order valence-electron chi connectivity index (χ0n) is 11.6. The molecule has 1 aromatic rings. The van der Waals surface area contributed by atoms with Gasteiger partial charge in [0.2, 0.25) is 11.8 Å². The summed E-state index contributed by atoms with van der Waals surface area (Å²) in [7, 11) is 3.56. The maximum absolute atomic E-state index is 13.9. The van der Waals surface area contributed by atoms with Crippen molar-refractivity contribution in [3.63, 3.8) is 0 Å². The van der Waals surface area contributed by atoms with Crippen molar-refractivity contribution < 1.29 is 14.0 Å². The summed E-state index contributed by atoms with van der Waals surface area (Å²) in [5.74, 6) is -0.997. The van der Waals surface area contributed by atoms with Gasteiger partial charge < -0.3 is 15.1 Å². The zero-order chi connectivity index (χ0) is 14.7. The molecule has 6 heteroatoms. The number of hydrogen-bond acceptors (Lipinski definition) is 3. The van der Waals surface area contributed by atoms with Crippen molar-refractivity contribution in [1.29, 1.82) is 0 Å². The van der Waals surface area contributed by atoms with Gasteiger partial charge in [0, 0.05) is 18.7 Å². The van der Waals surface area contributed by atoms with Crippen LogP contribution in [0.4, 0.5) is 4.39 Å². The predicted octanol–water partition coefficient (Wildman–Crippen LogP) is 0.387. The molecule has 0 saturated carbocycles. The van der Waals surface area contributed by atoms with Crippen molar-refractivity contribution in [3.8, 4) is 0 Å². The summed E-state index contributed by atoms with van der Waals surface area (Å²) < 4.78 is 13.9. The second-order valence-corrected chi connectivity index (χ2v) is 5.04. The highest BCUT2D eigenvalue weighted by molar-refractivity contribution is 5.90. The van der Waals surface area contributed by atoms with Crippen LogP contribution < -0.4 is 5.32 Å². The summed E-state index contributed by atoms with van der Waals surface area (Å²) in [6, 6.07) is 5.17. The number of likely N-dealkylation sites (N-methyl/N-ethyl adjacent to an activating group) is 1. The van der Waals surface area contributed by atoms with E-state index in [1.54, 1.807) is 37.2 Å². The summed E-state index contributed by atoms with van der Waals surface area (Å²) in [6.45, 7) is 0.971. The van der Waals surface area contributed by atoms with Crippen LogP contribution in [-0.4, -0.2) is 55.3 Å². The first kappa shape index (κ1) is 14.5. The Morgan fingerprint density at radius 2 is 2.15 bits per heavy atom. The molecule has 20 heavy (non-hydrogen) atoms. The molecule has 1 aliphatic heterocycles. The van der Waals surface area contributed by atoms with Crippen LogP contribution in [0, 0.1) is 5.82 Å². The van der Waals surface area contributed by atoms with Gasteiger partial charge in [0.05, 0.1) is 6.54 Å². The molecule has 1 atom stereocenters. The maximum Gasteiger partial charge on any atom is 0.247 e. The average molecular weight is 279 g/mol. The molecule has 1 aliphatic rings. The third-order valence-corrected chi connectivity index (χ3v) is 3.18. The van der Waals surface area contributed by atoms with Crippen molar-refractivity contribution in [2.75, 3.05) is 33.7 Å². The third-order valence-electron chi connectivity index (χ3n) is 3.18. The van der Waals surface area contributed by atoms with E-state index >= 15 is 0 Å². The lowest BCUT2D eigenvalue weighted by molar-refractivity contribution is -0.144. The van der Waals surface area contributed by atoms with Crippen molar-refractivity contribution in [3.05, 3.63) is 35.6 Å². The van der Waals surface area contributed by atoms with Gasteiger partial charge in [-0.2, -0.15) is 0 Å². The van der Waals surface area contributed by atoms with Crippen molar-refractivity contribution in [2.24, 2.45) is 0 Å². The Kier molecular flexibility index (Phi) is 4.34. The lowest BCUT2D eigenvalue weighted by Gasteiger charge is -2.36. The van der Waals surface area contributed by atoms with Crippen LogP contribution in [0.2, 0.25) is 0 Å². The van der Waals surface area contributed by atoms with Gasteiger partial charge in [0.25, 0.3) is 0 Å². The molecule has 1 aromatic carbocycles. The Morgan fingerprint density at radius 1 is 1.45 bits per heavy atom. The summed E-state index contributed by atoms with van der Waals surface area (Å²) >= 11 is 0. The molecule has 0 radical (unpaired) electrons. The fourth-order valence-corrected chi connectivity index (χ4v) is 2.30. The molecule has 0 spiro atoms. The first-order valence-corrected chi connectivity index (χ1v) is 6.47. The minimum absolute atomic E-state index is 0.182. The van der Waals surface area contributed by atoms with Crippen LogP contribution in [0.5, 0.6) is 0 Å². The number of carbonyl (C=O) groups is 2. The van der Waals surface area contributed by atoms with Crippen LogP contribution in [0.1, 0.15) is 11.6 Å². The Morgan fingerprint density at radius 3 is 2.80 bits per heavy atom. The number of halogens is 1. The fourth-order valence-electron chi connectivity index (χ4n) is 2.30. The molecule has 0 aromatic heterocycles. The minimum atomic E-state index is -0.891. The molecule has 1 saturated heterocycles. The summed E-state index contributed by atoms with van der Waals surface area (Å²) in [6.07, 6.45) is 0. The number of carbonyl (C=O) groups excluding carboxylic acids is 2. The highest BCUT2D eigenvalue weighted by atomic mass is 19.1. The van der Waals surface area contributed by atoms with E-state index in [0.717, 1.165) is 0 Å². The Bertz CT molecular complexity index is 519. The summed E-state index contributed by atoms with van der Waals surface area (Å²) in [4.78, 5) is 27.5. The highest BCUT2D eigenvalue weighted by Crippen LogP contribution is 2.25. The second-order valence-electron chi connectivity index (χ2n) is 5.04. The molecule has 1 fully saturated rings. The first-order chi connectivity index (χ1) is 9.50. The molecule has 5 nitrogen and oxygen atoms in total. The molecule has 0 unspecified atom stereocenters. The van der Waals surface area contributed by atoms with E-state index in [0.29, 0.717) is 13.1 Å². The largest absolute Gasteiger partial charge is 0.352 e. The van der Waals surface area contributed by atoms with Gasteiger partial charge in [-0.15, -0.1) is 0 Å². The van der Waals surface area contributed by atoms with Crippen molar-refractivity contribution in [2.45, 2.75) is 6.04 Å². The molecule has 2 rings (SSSR count). The number of rotatable bonds is 3. The van der Waals surface area contributed by atoms with E-state index in [2.05, 4.69) is 5.32 Å². The smallest absolute Gasteiger partial charge is 0.247 e. The molecular weight excluding hydrogens is 261 g/mol. The van der Waals surface area contributed by atoms with E-state index < -0.39 is 11.9 Å². The second kappa shape index (κ2) is 6.00. The molecule has 2 amide bonds. The van der Waals surface area contributed by atoms with E-state index in [9.17, 15) is 14.0 Å². The van der Waals surface area contributed by atoms with Gasteiger partial charge in [-0.25, -0.2) is 4.39 Å². The van der Waals surface area contributed by atoms with E-state index in [4.69, 9.17) is 0 Å². The van der Waals surface area contributed by atoms with E-state index in [-0.39, 0.29) is 23.9 Å². The number of hydrogen-bond donors (Lipinski definition) is 1. The first-order valence-electron chi connectivity index (χ1n) is 6.47. The fraction of sp³-hybridized carbons (Fsp3) is 0.429. The van der Waals surface area contributed by atoms with Crippen molar-refractivity contribution >= 4 is 11.8 Å². The van der Waals surface area contributed by atoms with Crippen LogP contribution in [-0.2, 0) is 9.59 Å². The SMILES string of the molecule is CN(C)CC(=O)N1CCNC(=O)[C@H]1c1ccccc1F. The number of nitrogens with one attached hydrogen (secondary N) is 1. The number of benzene rings is 1. The van der Waals surface area contributed by atoms with E-state index in [1.165, 1.54) is 11.0 Å². The monoisotopic (exact) mass is 279 g/mol. The molecule has 0 bridgehead atoms. The van der Waals surface area contributed by atoms with E-state index in [1.807, 2.05) is 0 Å². The summed E-state index contributed by atoms with van der Waals surface area (Å²) in [5.41, 5.74) is 0.233. The van der Waals surface area contributed by atoms with Gasteiger partial charge in [0.1, 0.15) is 11.9 Å². The number of piperazine rings is 1. The Balaban J connectivity index is 2.32. The average Bonchev–Trinajstić information content (AvgIpc) is 2.39. The van der Waals surface area contributed by atoms with Crippen LogP contribution in [0.25, 0.3) is 0 Å². The van der Waals surface area contributed by atoms with Gasteiger partial charge in [-0.1, -0.05) is 18.2 Å². The van der Waals surface area contributed by atoms with Crippen LogP contribution in [0.15, 0.2) is 24.3 Å². The predicted molar refractivity (Wildman–Crippen MR) is 72.4 cm³/mol. The quantitative estimate of drug-likeness (QED) is 0.870. The Labute approximate surface area is 117 Å². The minimum Gasteiger partial charge on any atom is -0.352 e. The molecule has 1 N–H and O–H groups in total. The van der Waals surface area contributed by atoms with Gasteiger partial charge in [-0.3, -0.25) is 9.59 Å². The molecular formula is C14H18FN3O2. The third kappa shape index (κ3) is 2.96. The highest BCUT2D eigenvalue weighted by Gasteiger charge is 2.35. The van der Waals surface area contributed by atoms with Crippen LogP contribution >= 0.6 is 0 Å². The lowest BCUT2D eigenvalue weighted by Crippen LogP contribution is -2.54. The summed E-state index contributed by atoms with van der Waals surface area (Å²) in [5, 5.41) is 2.68. The Hall–Kier alpha value is -1.95. The zero-order valence-corrected chi connectivity index (χ0v) is 11.6. The van der Waals surface area contributed by atoms with Crippen molar-refractivity contribution in [1.82, 2.24) is 15.1 Å². The molecule has 108 valence electrons. The normalized spacial score (nSPS) is 19.1. The van der Waals surface area contributed by atoms with Gasteiger partial charge in [0.15, 0.2) is 0 Å². The maximum atomic E-state index is 13.9. The number of amides is 2. The topological polar surface area (TPSA) is 52.7 Å². The molecule has 1 heterocycles. The van der Waals surface area contributed by atoms with Crippen LogP contribution in [0.3, 0.4) is 0 Å².